The fraction of sp³-hybridized carbons (Fsp3) is 0.0500. The van der Waals surface area contributed by atoms with Crippen molar-refractivity contribution in [1.29, 1.82) is 0 Å². The van der Waals surface area contributed by atoms with Crippen molar-refractivity contribution in [3.8, 4) is 0 Å². The van der Waals surface area contributed by atoms with Crippen LogP contribution in [0.15, 0.2) is 48.5 Å². The number of halogens is 4. The number of nitrogens with two attached hydrogens (primary N) is 1. The zero-order valence-electron chi connectivity index (χ0n) is 13.8. The summed E-state index contributed by atoms with van der Waals surface area (Å²) < 4.78 is 43.6. The summed E-state index contributed by atoms with van der Waals surface area (Å²) in [6, 6.07) is 11.5. The first kappa shape index (κ1) is 17.4. The van der Waals surface area contributed by atoms with Crippen molar-refractivity contribution in [2.45, 2.75) is 6.54 Å². The molecule has 0 aliphatic carbocycles. The van der Waals surface area contributed by atoms with Crippen molar-refractivity contribution in [2.75, 3.05) is 0 Å². The van der Waals surface area contributed by atoms with Crippen LogP contribution in [0.3, 0.4) is 0 Å². The molecule has 136 valence electrons. The van der Waals surface area contributed by atoms with E-state index in [0.717, 1.165) is 12.1 Å². The van der Waals surface area contributed by atoms with Gasteiger partial charge in [-0.05, 0) is 36.4 Å². The minimum absolute atomic E-state index is 0.277. The summed E-state index contributed by atoms with van der Waals surface area (Å²) in [5, 5.41) is 1.61. The average Bonchev–Trinajstić information content (AvgIpc) is 2.94. The summed E-state index contributed by atoms with van der Waals surface area (Å²) in [7, 11) is 0. The lowest BCUT2D eigenvalue weighted by atomic mass is 10.1. The van der Waals surface area contributed by atoms with Crippen LogP contribution in [-0.4, -0.2) is 10.5 Å². The highest BCUT2D eigenvalue weighted by Gasteiger charge is 2.20. The number of carbonyl (C=O) groups excluding carboxylic acids is 1. The van der Waals surface area contributed by atoms with Crippen LogP contribution in [0.25, 0.3) is 21.8 Å². The minimum atomic E-state index is -1.25. The molecule has 0 unspecified atom stereocenters. The normalized spacial score (nSPS) is 11.4. The van der Waals surface area contributed by atoms with Gasteiger partial charge < -0.3 is 10.3 Å². The maximum Gasteiger partial charge on any atom is 0.249 e. The van der Waals surface area contributed by atoms with Gasteiger partial charge in [0.05, 0.1) is 17.6 Å². The quantitative estimate of drug-likeness (QED) is 0.493. The van der Waals surface area contributed by atoms with Crippen molar-refractivity contribution in [2.24, 2.45) is 5.73 Å². The zero-order chi connectivity index (χ0) is 19.3. The molecule has 1 amide bonds. The Hall–Kier alpha value is -2.99. The van der Waals surface area contributed by atoms with Crippen molar-refractivity contribution in [3.63, 3.8) is 0 Å². The summed E-state index contributed by atoms with van der Waals surface area (Å²) in [6.07, 6.45) is 0. The van der Waals surface area contributed by atoms with Gasteiger partial charge in [0.15, 0.2) is 11.6 Å². The number of hydrogen-bond acceptors (Lipinski definition) is 1. The Morgan fingerprint density at radius 1 is 1.00 bits per heavy atom. The SMILES string of the molecule is NC(=O)c1cccc2c1c1ccc(Cl)cc1n2Cc1c(F)ccc(F)c1F. The third kappa shape index (κ3) is 2.73. The Morgan fingerprint density at radius 3 is 2.48 bits per heavy atom. The number of aromatic nitrogens is 1. The molecule has 0 atom stereocenters. The lowest BCUT2D eigenvalue weighted by molar-refractivity contribution is 0.100. The molecule has 0 saturated carbocycles. The summed E-state index contributed by atoms with van der Waals surface area (Å²) in [5.74, 6) is -3.88. The predicted molar refractivity (Wildman–Crippen MR) is 98.4 cm³/mol. The smallest absolute Gasteiger partial charge is 0.249 e. The molecule has 4 rings (SSSR count). The van der Waals surface area contributed by atoms with Gasteiger partial charge in [-0.3, -0.25) is 4.79 Å². The highest BCUT2D eigenvalue weighted by Crippen LogP contribution is 2.34. The van der Waals surface area contributed by atoms with Crippen molar-refractivity contribution in [3.05, 3.63) is 82.1 Å². The van der Waals surface area contributed by atoms with E-state index in [2.05, 4.69) is 0 Å². The van der Waals surface area contributed by atoms with Crippen LogP contribution in [0.4, 0.5) is 13.2 Å². The van der Waals surface area contributed by atoms with E-state index in [1.54, 1.807) is 41.0 Å². The fourth-order valence-corrected chi connectivity index (χ4v) is 3.53. The van der Waals surface area contributed by atoms with Gasteiger partial charge in [-0.1, -0.05) is 23.7 Å². The van der Waals surface area contributed by atoms with Gasteiger partial charge in [-0.15, -0.1) is 0 Å². The first-order valence-electron chi connectivity index (χ1n) is 8.01. The fourth-order valence-electron chi connectivity index (χ4n) is 3.37. The largest absolute Gasteiger partial charge is 0.366 e. The summed E-state index contributed by atoms with van der Waals surface area (Å²) in [6.45, 7) is -0.280. The van der Waals surface area contributed by atoms with Crippen molar-refractivity contribution >= 4 is 39.3 Å². The lowest BCUT2D eigenvalue weighted by Gasteiger charge is -2.10. The molecule has 1 heterocycles. The van der Waals surface area contributed by atoms with E-state index >= 15 is 0 Å². The lowest BCUT2D eigenvalue weighted by Crippen LogP contribution is -2.11. The first-order valence-corrected chi connectivity index (χ1v) is 8.39. The van der Waals surface area contributed by atoms with Crippen molar-refractivity contribution in [1.82, 2.24) is 4.57 Å². The Kier molecular flexibility index (Phi) is 4.08. The van der Waals surface area contributed by atoms with Crippen LogP contribution < -0.4 is 5.73 Å². The Balaban J connectivity index is 2.08. The molecule has 0 aliphatic heterocycles. The number of hydrogen-bond donors (Lipinski definition) is 1. The van der Waals surface area contributed by atoms with Crippen LogP contribution in [-0.2, 0) is 6.54 Å². The number of nitrogens with zero attached hydrogens (tertiary/aromatic N) is 1. The molecule has 3 nitrogen and oxygen atoms in total. The Bertz CT molecular complexity index is 1230. The molecule has 0 spiro atoms. The van der Waals surface area contributed by atoms with E-state index in [1.807, 2.05) is 0 Å². The maximum atomic E-state index is 14.2. The highest BCUT2D eigenvalue weighted by molar-refractivity contribution is 6.32. The van der Waals surface area contributed by atoms with Crippen LogP contribution in [0.5, 0.6) is 0 Å². The average molecular weight is 389 g/mol. The Labute approximate surface area is 156 Å². The second-order valence-electron chi connectivity index (χ2n) is 6.13. The monoisotopic (exact) mass is 388 g/mol. The minimum Gasteiger partial charge on any atom is -0.366 e. The molecular weight excluding hydrogens is 377 g/mol. The molecule has 27 heavy (non-hydrogen) atoms. The third-order valence-electron chi connectivity index (χ3n) is 4.57. The van der Waals surface area contributed by atoms with Gasteiger partial charge in [-0.2, -0.15) is 0 Å². The van der Waals surface area contributed by atoms with E-state index < -0.39 is 28.9 Å². The van der Waals surface area contributed by atoms with Gasteiger partial charge in [0.2, 0.25) is 5.91 Å². The molecule has 0 saturated heterocycles. The molecule has 0 aliphatic rings. The molecule has 2 N–H and O–H groups in total. The van der Waals surface area contributed by atoms with Crippen molar-refractivity contribution < 1.29 is 18.0 Å². The summed E-state index contributed by atoms with van der Waals surface area (Å²) in [5.41, 5.74) is 6.43. The number of primary amides is 1. The van der Waals surface area contributed by atoms with E-state index in [9.17, 15) is 18.0 Å². The third-order valence-corrected chi connectivity index (χ3v) is 4.81. The molecule has 7 heteroatoms. The second kappa shape index (κ2) is 6.32. The molecule has 4 aromatic rings. The van der Waals surface area contributed by atoms with Crippen LogP contribution in [0.1, 0.15) is 15.9 Å². The van der Waals surface area contributed by atoms with E-state index in [0.29, 0.717) is 26.8 Å². The number of benzene rings is 3. The van der Waals surface area contributed by atoms with Crippen LogP contribution in [0.2, 0.25) is 5.02 Å². The van der Waals surface area contributed by atoms with E-state index in [4.69, 9.17) is 17.3 Å². The van der Waals surface area contributed by atoms with Gasteiger partial charge >= 0.3 is 0 Å². The van der Waals surface area contributed by atoms with E-state index in [1.165, 1.54) is 0 Å². The summed E-state index contributed by atoms with van der Waals surface area (Å²) >= 11 is 6.10. The van der Waals surface area contributed by atoms with E-state index in [-0.39, 0.29) is 12.1 Å². The summed E-state index contributed by atoms with van der Waals surface area (Å²) in [4.78, 5) is 11.9. The van der Waals surface area contributed by atoms with Crippen LogP contribution >= 0.6 is 11.6 Å². The predicted octanol–water partition coefficient (Wildman–Crippen LogP) is 5.01. The molecule has 0 fully saturated rings. The van der Waals surface area contributed by atoms with Gasteiger partial charge in [0.1, 0.15) is 5.82 Å². The topological polar surface area (TPSA) is 48.0 Å². The number of fused-ring (bicyclic) bond motifs is 3. The molecule has 3 aromatic carbocycles. The molecule has 0 bridgehead atoms. The molecule has 0 radical (unpaired) electrons. The Morgan fingerprint density at radius 2 is 1.74 bits per heavy atom. The van der Waals surface area contributed by atoms with Gasteiger partial charge in [0.25, 0.3) is 0 Å². The molecule has 1 aromatic heterocycles. The van der Waals surface area contributed by atoms with Gasteiger partial charge in [-0.25, -0.2) is 13.2 Å². The van der Waals surface area contributed by atoms with Crippen LogP contribution in [0, 0.1) is 17.5 Å². The standard InChI is InChI=1S/C20H12ClF3N2O/c21-10-4-5-11-17(8-10)26(9-13-14(22)6-7-15(23)19(13)24)16-3-1-2-12(18(11)16)20(25)27/h1-8H,9H2,(H2,25,27). The number of rotatable bonds is 3. The molecular formula is C20H12ClF3N2O. The number of carbonyl (C=O) groups is 1. The zero-order valence-corrected chi connectivity index (χ0v) is 14.5. The second-order valence-corrected chi connectivity index (χ2v) is 6.57. The first-order chi connectivity index (χ1) is 12.9. The van der Waals surface area contributed by atoms with Gasteiger partial charge in [0, 0.05) is 26.9 Å². The maximum absolute atomic E-state index is 14.2. The highest BCUT2D eigenvalue weighted by atomic mass is 35.5. The number of amides is 1.